The van der Waals surface area contributed by atoms with Crippen molar-refractivity contribution in [3.8, 4) is 39.7 Å². The lowest BCUT2D eigenvalue weighted by Gasteiger charge is -2.03. The van der Waals surface area contributed by atoms with Crippen molar-refractivity contribution in [3.63, 3.8) is 0 Å². The van der Waals surface area contributed by atoms with Gasteiger partial charge in [0.05, 0.1) is 22.6 Å². The summed E-state index contributed by atoms with van der Waals surface area (Å²) in [5, 5.41) is 18.1. The molecule has 154 valence electrons. The molecular weight excluding hydrogens is 407 g/mol. The predicted octanol–water partition coefficient (Wildman–Crippen LogP) is 5.07. The van der Waals surface area contributed by atoms with Gasteiger partial charge in [-0.05, 0) is 48.5 Å². The van der Waals surface area contributed by atoms with Gasteiger partial charge in [0.25, 0.3) is 0 Å². The highest BCUT2D eigenvalue weighted by Crippen LogP contribution is 2.34. The maximum atomic E-state index is 13.9. The third-order valence-corrected chi connectivity index (χ3v) is 5.32. The molecule has 7 nitrogen and oxygen atoms in total. The Labute approximate surface area is 180 Å². The molecule has 0 spiro atoms. The van der Waals surface area contributed by atoms with Crippen molar-refractivity contribution in [2.75, 3.05) is 0 Å². The van der Waals surface area contributed by atoms with Gasteiger partial charge in [0.15, 0.2) is 0 Å². The zero-order chi connectivity index (χ0) is 21.7. The van der Waals surface area contributed by atoms with E-state index in [2.05, 4.69) is 25.1 Å². The number of rotatable bonds is 3. The summed E-state index contributed by atoms with van der Waals surface area (Å²) in [6.45, 7) is 0. The molecule has 1 aromatic carbocycles. The Morgan fingerprint density at radius 3 is 2.66 bits per heavy atom. The fraction of sp³-hybridized carbons (Fsp3) is 0. The Hall–Kier alpha value is -4.59. The topological polar surface area (TPSA) is 103 Å². The van der Waals surface area contributed by atoms with E-state index in [1.54, 1.807) is 18.6 Å². The van der Waals surface area contributed by atoms with Crippen LogP contribution in [0.25, 0.3) is 55.8 Å². The van der Waals surface area contributed by atoms with Crippen molar-refractivity contribution in [1.82, 2.24) is 30.1 Å². The largest absolute Gasteiger partial charge is 0.508 e. The summed E-state index contributed by atoms with van der Waals surface area (Å²) in [6, 6.07) is 15.3. The van der Waals surface area contributed by atoms with E-state index in [9.17, 15) is 9.50 Å². The summed E-state index contributed by atoms with van der Waals surface area (Å²) in [5.41, 5.74) is 6.50. The van der Waals surface area contributed by atoms with E-state index in [1.165, 1.54) is 12.1 Å². The number of pyridine rings is 3. The number of nitrogens with one attached hydrogen (secondary N) is 2. The number of aromatic amines is 2. The minimum atomic E-state index is -0.528. The number of aromatic nitrogens is 6. The Kier molecular flexibility index (Phi) is 3.97. The van der Waals surface area contributed by atoms with Crippen LogP contribution in [-0.2, 0) is 0 Å². The van der Waals surface area contributed by atoms with Crippen LogP contribution in [0.1, 0.15) is 0 Å². The van der Waals surface area contributed by atoms with E-state index in [-0.39, 0.29) is 5.75 Å². The fourth-order valence-corrected chi connectivity index (χ4v) is 3.88. The molecule has 0 saturated carbocycles. The number of H-pyrrole nitrogens is 2. The molecule has 0 aliphatic rings. The standard InChI is InChI=1S/C24H15FN6O/c25-15-8-14(9-16(32)10-15)22-17-11-21(28-19(17)5-7-27-22)24-23-20(30-31-24)4-3-18(29-23)13-2-1-6-26-12-13/h1-12,28,32H,(H,30,31). The van der Waals surface area contributed by atoms with Crippen LogP contribution < -0.4 is 0 Å². The van der Waals surface area contributed by atoms with Crippen molar-refractivity contribution in [3.05, 3.63) is 79.0 Å². The lowest BCUT2D eigenvalue weighted by atomic mass is 10.1. The maximum Gasteiger partial charge on any atom is 0.135 e. The summed E-state index contributed by atoms with van der Waals surface area (Å²) in [4.78, 5) is 16.8. The molecule has 0 fully saturated rings. The quantitative estimate of drug-likeness (QED) is 0.369. The van der Waals surface area contributed by atoms with Crippen LogP contribution in [0, 0.1) is 5.82 Å². The van der Waals surface area contributed by atoms with Gasteiger partial charge in [-0.25, -0.2) is 9.37 Å². The van der Waals surface area contributed by atoms with Crippen molar-refractivity contribution < 1.29 is 9.50 Å². The van der Waals surface area contributed by atoms with Gasteiger partial charge in [-0.1, -0.05) is 0 Å². The molecule has 0 atom stereocenters. The Morgan fingerprint density at radius 1 is 0.875 bits per heavy atom. The molecule has 0 radical (unpaired) electrons. The average Bonchev–Trinajstić information content (AvgIpc) is 3.42. The van der Waals surface area contributed by atoms with Crippen molar-refractivity contribution >= 4 is 21.9 Å². The Balaban J connectivity index is 1.52. The number of halogens is 1. The molecular formula is C24H15FN6O. The second-order valence-corrected chi connectivity index (χ2v) is 7.41. The molecule has 5 aromatic heterocycles. The van der Waals surface area contributed by atoms with E-state index >= 15 is 0 Å². The zero-order valence-electron chi connectivity index (χ0n) is 16.5. The molecule has 0 amide bonds. The van der Waals surface area contributed by atoms with Crippen LogP contribution in [0.15, 0.2) is 73.2 Å². The van der Waals surface area contributed by atoms with Crippen LogP contribution in [0.2, 0.25) is 0 Å². The van der Waals surface area contributed by atoms with Gasteiger partial charge >= 0.3 is 0 Å². The van der Waals surface area contributed by atoms with Gasteiger partial charge in [0, 0.05) is 46.7 Å². The Morgan fingerprint density at radius 2 is 1.81 bits per heavy atom. The SMILES string of the molecule is Oc1cc(F)cc(-c2nccc3[nH]c(-c4n[nH]c5ccc(-c6cccnc6)nc45)cc23)c1. The van der Waals surface area contributed by atoms with Crippen LogP contribution in [0.3, 0.4) is 0 Å². The number of nitrogens with zero attached hydrogens (tertiary/aromatic N) is 4. The second-order valence-electron chi connectivity index (χ2n) is 7.41. The van der Waals surface area contributed by atoms with Crippen LogP contribution in [-0.4, -0.2) is 35.2 Å². The Bertz CT molecular complexity index is 1590. The lowest BCUT2D eigenvalue weighted by molar-refractivity contribution is 0.469. The first-order chi connectivity index (χ1) is 15.7. The molecule has 0 aliphatic carbocycles. The molecule has 3 N–H and O–H groups in total. The number of phenols is 1. The van der Waals surface area contributed by atoms with Crippen LogP contribution >= 0.6 is 0 Å². The first kappa shape index (κ1) is 18.2. The van der Waals surface area contributed by atoms with Gasteiger partial charge in [0.1, 0.15) is 22.8 Å². The predicted molar refractivity (Wildman–Crippen MR) is 119 cm³/mol. The molecule has 0 bridgehead atoms. The highest BCUT2D eigenvalue weighted by atomic mass is 19.1. The molecule has 32 heavy (non-hydrogen) atoms. The molecule has 5 heterocycles. The first-order valence-corrected chi connectivity index (χ1v) is 9.89. The average molecular weight is 422 g/mol. The van der Waals surface area contributed by atoms with E-state index in [4.69, 9.17) is 4.98 Å². The minimum Gasteiger partial charge on any atom is -0.508 e. The van der Waals surface area contributed by atoms with Gasteiger partial charge in [-0.2, -0.15) is 5.10 Å². The molecule has 8 heteroatoms. The summed E-state index contributed by atoms with van der Waals surface area (Å²) in [7, 11) is 0. The minimum absolute atomic E-state index is 0.153. The molecule has 0 aliphatic heterocycles. The van der Waals surface area contributed by atoms with Crippen LogP contribution in [0.5, 0.6) is 5.75 Å². The highest BCUT2D eigenvalue weighted by molar-refractivity contribution is 5.99. The summed E-state index contributed by atoms with van der Waals surface area (Å²) in [5.74, 6) is -0.681. The van der Waals surface area contributed by atoms with Crippen molar-refractivity contribution in [1.29, 1.82) is 0 Å². The van der Waals surface area contributed by atoms with Crippen molar-refractivity contribution in [2.24, 2.45) is 0 Å². The lowest BCUT2D eigenvalue weighted by Crippen LogP contribution is -1.86. The highest BCUT2D eigenvalue weighted by Gasteiger charge is 2.16. The summed E-state index contributed by atoms with van der Waals surface area (Å²) in [6.07, 6.45) is 5.13. The fourth-order valence-electron chi connectivity index (χ4n) is 3.88. The maximum absolute atomic E-state index is 13.9. The number of hydrogen-bond donors (Lipinski definition) is 3. The van der Waals surface area contributed by atoms with Crippen LogP contribution in [0.4, 0.5) is 4.39 Å². The van der Waals surface area contributed by atoms with Gasteiger partial charge in [-0.15, -0.1) is 0 Å². The number of phenolic OH excluding ortho intramolecular Hbond substituents is 1. The third kappa shape index (κ3) is 2.97. The third-order valence-electron chi connectivity index (χ3n) is 5.32. The number of benzene rings is 1. The second kappa shape index (κ2) is 6.98. The van der Waals surface area contributed by atoms with E-state index in [0.717, 1.165) is 45.0 Å². The molecule has 0 saturated heterocycles. The molecule has 6 rings (SSSR count). The number of hydrogen-bond acceptors (Lipinski definition) is 5. The van der Waals surface area contributed by atoms with Crippen molar-refractivity contribution in [2.45, 2.75) is 0 Å². The van der Waals surface area contributed by atoms with E-state index in [1.807, 2.05) is 36.4 Å². The molecule has 6 aromatic rings. The smallest absolute Gasteiger partial charge is 0.135 e. The van der Waals surface area contributed by atoms with Gasteiger partial charge in [-0.3, -0.25) is 15.1 Å². The van der Waals surface area contributed by atoms with Gasteiger partial charge in [0.2, 0.25) is 0 Å². The summed E-state index contributed by atoms with van der Waals surface area (Å²) < 4.78 is 13.9. The van der Waals surface area contributed by atoms with Gasteiger partial charge < -0.3 is 10.1 Å². The monoisotopic (exact) mass is 422 g/mol. The summed E-state index contributed by atoms with van der Waals surface area (Å²) >= 11 is 0. The van der Waals surface area contributed by atoms with E-state index < -0.39 is 5.82 Å². The number of aromatic hydroxyl groups is 1. The zero-order valence-corrected chi connectivity index (χ0v) is 16.5. The normalized spacial score (nSPS) is 11.4. The molecule has 0 unspecified atom stereocenters. The van der Waals surface area contributed by atoms with E-state index in [0.29, 0.717) is 17.0 Å². The first-order valence-electron chi connectivity index (χ1n) is 9.89. The number of fused-ring (bicyclic) bond motifs is 2.